The highest BCUT2D eigenvalue weighted by atomic mass is 35.5. The number of hydrogen-bond acceptors (Lipinski definition) is 5. The molecule has 0 bridgehead atoms. The maximum atomic E-state index is 13.8. The van der Waals surface area contributed by atoms with Gasteiger partial charge in [-0.1, -0.05) is 35.9 Å². The molecule has 0 aromatic heterocycles. The fraction of sp³-hybridized carbons (Fsp3) is 0.250. The van der Waals surface area contributed by atoms with Crippen molar-refractivity contribution in [3.63, 3.8) is 0 Å². The molecule has 0 unspecified atom stereocenters. The average molecular weight is 406 g/mol. The molecule has 0 saturated carbocycles. The maximum absolute atomic E-state index is 13.8. The van der Waals surface area contributed by atoms with E-state index < -0.39 is 36.3 Å². The van der Waals surface area contributed by atoms with Crippen molar-refractivity contribution in [3.05, 3.63) is 70.0 Å². The van der Waals surface area contributed by atoms with Crippen LogP contribution in [-0.2, 0) is 32.0 Å². The van der Waals surface area contributed by atoms with Gasteiger partial charge in [0.15, 0.2) is 6.61 Å². The highest BCUT2D eigenvalue weighted by Crippen LogP contribution is 2.24. The second kappa shape index (κ2) is 8.39. The number of methoxy groups -OCH3 is 1. The summed E-state index contributed by atoms with van der Waals surface area (Å²) in [5.41, 5.74) is 1.51. The Morgan fingerprint density at radius 1 is 1.18 bits per heavy atom. The number of fused-ring (bicyclic) bond motifs is 1. The molecule has 3 rings (SSSR count). The van der Waals surface area contributed by atoms with Crippen LogP contribution in [0, 0.1) is 5.82 Å². The topological polar surface area (TPSA) is 72.9 Å². The first-order valence-corrected chi connectivity index (χ1v) is 8.84. The van der Waals surface area contributed by atoms with Crippen LogP contribution in [0.4, 0.5) is 4.39 Å². The second-order valence-electron chi connectivity index (χ2n) is 6.23. The van der Waals surface area contributed by atoms with E-state index in [1.165, 1.54) is 24.1 Å². The molecule has 0 saturated heterocycles. The standard InChI is InChI=1S/C20H17ClFNO5/c1-27-20(26)17-8-12-4-2-3-5-13(12)10-23(17)18(24)11-28-19(25)15-7-6-14(21)9-16(15)22/h2-7,9,17H,8,10-11H2,1H3/t17-/m0/s1. The summed E-state index contributed by atoms with van der Waals surface area (Å²) in [6, 6.07) is 10.1. The number of benzene rings is 2. The Hall–Kier alpha value is -2.93. The molecule has 1 amide bonds. The third-order valence-electron chi connectivity index (χ3n) is 4.52. The highest BCUT2D eigenvalue weighted by Gasteiger charge is 2.35. The van der Waals surface area contributed by atoms with E-state index in [1.54, 1.807) is 0 Å². The van der Waals surface area contributed by atoms with Gasteiger partial charge in [0.2, 0.25) is 0 Å². The molecule has 0 fully saturated rings. The fourth-order valence-corrected chi connectivity index (χ4v) is 3.23. The molecule has 2 aromatic carbocycles. The van der Waals surface area contributed by atoms with Gasteiger partial charge in [-0.15, -0.1) is 0 Å². The van der Waals surface area contributed by atoms with E-state index in [4.69, 9.17) is 21.1 Å². The van der Waals surface area contributed by atoms with Gasteiger partial charge in [0.1, 0.15) is 11.9 Å². The number of esters is 2. The van der Waals surface area contributed by atoms with Gasteiger partial charge >= 0.3 is 11.9 Å². The van der Waals surface area contributed by atoms with Gasteiger partial charge < -0.3 is 14.4 Å². The summed E-state index contributed by atoms with van der Waals surface area (Å²) in [4.78, 5) is 38.2. The second-order valence-corrected chi connectivity index (χ2v) is 6.67. The lowest BCUT2D eigenvalue weighted by Crippen LogP contribution is -2.50. The number of ether oxygens (including phenoxy) is 2. The molecule has 1 aliphatic heterocycles. The van der Waals surface area contributed by atoms with Gasteiger partial charge in [0.25, 0.3) is 5.91 Å². The predicted molar refractivity (Wildman–Crippen MR) is 98.2 cm³/mol. The van der Waals surface area contributed by atoms with Crippen molar-refractivity contribution in [1.82, 2.24) is 4.90 Å². The van der Waals surface area contributed by atoms with E-state index in [9.17, 15) is 18.8 Å². The van der Waals surface area contributed by atoms with E-state index in [0.29, 0.717) is 6.42 Å². The molecular formula is C20H17ClFNO5. The van der Waals surface area contributed by atoms with Gasteiger partial charge in [0.05, 0.1) is 12.7 Å². The third-order valence-corrected chi connectivity index (χ3v) is 4.76. The van der Waals surface area contributed by atoms with Crippen molar-refractivity contribution in [2.45, 2.75) is 19.0 Å². The summed E-state index contributed by atoms with van der Waals surface area (Å²) < 4.78 is 23.6. The van der Waals surface area contributed by atoms with Crippen molar-refractivity contribution in [2.24, 2.45) is 0 Å². The first-order chi connectivity index (χ1) is 13.4. The maximum Gasteiger partial charge on any atom is 0.341 e. The zero-order valence-corrected chi connectivity index (χ0v) is 15.7. The van der Waals surface area contributed by atoms with E-state index in [0.717, 1.165) is 17.2 Å². The summed E-state index contributed by atoms with van der Waals surface area (Å²) in [5, 5.41) is 0.137. The number of carbonyl (C=O) groups excluding carboxylic acids is 3. The van der Waals surface area contributed by atoms with Crippen molar-refractivity contribution in [2.75, 3.05) is 13.7 Å². The number of amides is 1. The predicted octanol–water partition coefficient (Wildman–Crippen LogP) is 2.76. The smallest absolute Gasteiger partial charge is 0.341 e. The van der Waals surface area contributed by atoms with Crippen molar-refractivity contribution in [3.8, 4) is 0 Å². The largest absolute Gasteiger partial charge is 0.467 e. The molecular weight excluding hydrogens is 389 g/mol. The van der Waals surface area contributed by atoms with Gasteiger partial charge in [0, 0.05) is 18.0 Å². The molecule has 0 N–H and O–H groups in total. The van der Waals surface area contributed by atoms with Crippen LogP contribution in [0.5, 0.6) is 0 Å². The summed E-state index contributed by atoms with van der Waals surface area (Å²) in [5.74, 6) is -2.97. The third kappa shape index (κ3) is 4.14. The number of hydrogen-bond donors (Lipinski definition) is 0. The van der Waals surface area contributed by atoms with Crippen molar-refractivity contribution in [1.29, 1.82) is 0 Å². The Morgan fingerprint density at radius 2 is 1.89 bits per heavy atom. The van der Waals surface area contributed by atoms with Crippen molar-refractivity contribution >= 4 is 29.4 Å². The van der Waals surface area contributed by atoms with Crippen LogP contribution in [-0.4, -0.2) is 42.5 Å². The Labute approximate surface area is 165 Å². The molecule has 8 heteroatoms. The Balaban J connectivity index is 1.72. The molecule has 146 valence electrons. The minimum atomic E-state index is -0.991. The fourth-order valence-electron chi connectivity index (χ4n) is 3.07. The quantitative estimate of drug-likeness (QED) is 0.731. The number of carbonyl (C=O) groups is 3. The van der Waals surface area contributed by atoms with E-state index in [1.807, 2.05) is 24.3 Å². The van der Waals surface area contributed by atoms with Gasteiger partial charge in [-0.2, -0.15) is 0 Å². The van der Waals surface area contributed by atoms with Crippen LogP contribution in [0.1, 0.15) is 21.5 Å². The molecule has 0 spiro atoms. The zero-order valence-electron chi connectivity index (χ0n) is 15.0. The average Bonchev–Trinajstić information content (AvgIpc) is 2.70. The SMILES string of the molecule is COC(=O)[C@@H]1Cc2ccccc2CN1C(=O)COC(=O)c1ccc(Cl)cc1F. The first-order valence-electron chi connectivity index (χ1n) is 8.47. The van der Waals surface area contributed by atoms with E-state index in [2.05, 4.69) is 0 Å². The summed E-state index contributed by atoms with van der Waals surface area (Å²) in [6.07, 6.45) is 0.300. The Bertz CT molecular complexity index is 933. The summed E-state index contributed by atoms with van der Waals surface area (Å²) in [7, 11) is 1.24. The lowest BCUT2D eigenvalue weighted by atomic mass is 9.94. The van der Waals surface area contributed by atoms with Gasteiger partial charge in [-0.3, -0.25) is 4.79 Å². The molecule has 0 radical (unpaired) electrons. The minimum absolute atomic E-state index is 0.137. The van der Waals surface area contributed by atoms with Crippen LogP contribution < -0.4 is 0 Å². The van der Waals surface area contributed by atoms with Crippen LogP contribution in [0.2, 0.25) is 5.02 Å². The van der Waals surface area contributed by atoms with Crippen LogP contribution in [0.25, 0.3) is 0 Å². The van der Waals surface area contributed by atoms with E-state index in [-0.39, 0.29) is 17.1 Å². The number of halogens is 2. The van der Waals surface area contributed by atoms with Crippen LogP contribution in [0.3, 0.4) is 0 Å². The molecule has 2 aromatic rings. The number of rotatable bonds is 4. The summed E-state index contributed by atoms with van der Waals surface area (Å²) >= 11 is 5.65. The monoisotopic (exact) mass is 405 g/mol. The minimum Gasteiger partial charge on any atom is -0.467 e. The lowest BCUT2D eigenvalue weighted by Gasteiger charge is -2.35. The molecule has 0 aliphatic carbocycles. The Kier molecular flexibility index (Phi) is 5.94. The normalized spacial score (nSPS) is 15.5. The van der Waals surface area contributed by atoms with Gasteiger partial charge in [-0.25, -0.2) is 14.0 Å². The molecule has 1 aliphatic rings. The highest BCUT2D eigenvalue weighted by molar-refractivity contribution is 6.30. The van der Waals surface area contributed by atoms with E-state index >= 15 is 0 Å². The van der Waals surface area contributed by atoms with Crippen LogP contribution in [0.15, 0.2) is 42.5 Å². The first kappa shape index (κ1) is 19.8. The molecule has 1 heterocycles. The molecule has 6 nitrogen and oxygen atoms in total. The molecule has 28 heavy (non-hydrogen) atoms. The summed E-state index contributed by atoms with van der Waals surface area (Å²) in [6.45, 7) is -0.446. The van der Waals surface area contributed by atoms with Crippen molar-refractivity contribution < 1.29 is 28.2 Å². The van der Waals surface area contributed by atoms with Gasteiger partial charge in [-0.05, 0) is 29.3 Å². The van der Waals surface area contributed by atoms with Crippen LogP contribution >= 0.6 is 11.6 Å². The Morgan fingerprint density at radius 3 is 2.57 bits per heavy atom. The molecule has 1 atom stereocenters. The number of nitrogens with zero attached hydrogens (tertiary/aromatic N) is 1. The zero-order chi connectivity index (χ0) is 20.3. The lowest BCUT2D eigenvalue weighted by molar-refractivity contribution is -0.155.